The molecule has 0 bridgehead atoms. The first-order chi connectivity index (χ1) is 10.4. The van der Waals surface area contributed by atoms with Gasteiger partial charge in [0.1, 0.15) is 36.5 Å². The molecule has 0 amide bonds. The highest BCUT2D eigenvalue weighted by atomic mass is 16.6. The number of anilines is 1. The Morgan fingerprint density at radius 1 is 1.45 bits per heavy atom. The van der Waals surface area contributed by atoms with Gasteiger partial charge < -0.3 is 25.8 Å². The standard InChI is InChI=1S/C12H15N5O5/c1-5(19)12(9(21)8(20)6(2-18)22-12)17-4-16-7-10(13)14-3-15-11(7)17/h3-4,6,8-9,18,20-21H,2H2,1H3,(H2,13,14,15)/t6-,8-,9-,12-/m1/s1. The van der Waals surface area contributed by atoms with Crippen molar-refractivity contribution in [3.8, 4) is 0 Å². The molecule has 2 aromatic rings. The van der Waals surface area contributed by atoms with E-state index in [1.165, 1.54) is 24.1 Å². The van der Waals surface area contributed by atoms with E-state index in [2.05, 4.69) is 15.0 Å². The summed E-state index contributed by atoms with van der Waals surface area (Å²) in [6.45, 7) is 0.642. The summed E-state index contributed by atoms with van der Waals surface area (Å²) in [6.07, 6.45) is -1.74. The van der Waals surface area contributed by atoms with Crippen molar-refractivity contribution in [1.82, 2.24) is 19.5 Å². The number of aliphatic hydroxyl groups excluding tert-OH is 3. The molecule has 2 aromatic heterocycles. The highest BCUT2D eigenvalue weighted by molar-refractivity contribution is 5.88. The maximum Gasteiger partial charge on any atom is 0.236 e. The summed E-state index contributed by atoms with van der Waals surface area (Å²) in [5.74, 6) is -0.472. The van der Waals surface area contributed by atoms with Crippen LogP contribution in [0.25, 0.3) is 11.2 Å². The number of carbonyl (C=O) groups is 1. The Morgan fingerprint density at radius 3 is 2.77 bits per heavy atom. The lowest BCUT2D eigenvalue weighted by atomic mass is 9.99. The van der Waals surface area contributed by atoms with Gasteiger partial charge in [-0.05, 0) is 6.92 Å². The first kappa shape index (κ1) is 14.8. The summed E-state index contributed by atoms with van der Waals surface area (Å²) >= 11 is 0. The first-order valence-electron chi connectivity index (χ1n) is 6.53. The predicted octanol–water partition coefficient (Wildman–Crippen LogP) is -2.24. The molecule has 10 nitrogen and oxygen atoms in total. The molecule has 22 heavy (non-hydrogen) atoms. The number of fused-ring (bicyclic) bond motifs is 1. The number of Topliss-reactive ketones (excluding diaryl/α,β-unsaturated/α-hetero) is 1. The maximum atomic E-state index is 12.2. The minimum Gasteiger partial charge on any atom is -0.394 e. The first-order valence-corrected chi connectivity index (χ1v) is 6.53. The summed E-state index contributed by atoms with van der Waals surface area (Å²) in [5, 5.41) is 29.6. The van der Waals surface area contributed by atoms with Crippen LogP contribution in [0.3, 0.4) is 0 Å². The number of aliphatic hydroxyl groups is 3. The number of rotatable bonds is 3. The topological polar surface area (TPSA) is 157 Å². The van der Waals surface area contributed by atoms with Gasteiger partial charge in [-0.1, -0.05) is 0 Å². The normalized spacial score (nSPS) is 31.7. The number of hydrogen-bond donors (Lipinski definition) is 4. The van der Waals surface area contributed by atoms with Crippen LogP contribution in [0.1, 0.15) is 6.92 Å². The largest absolute Gasteiger partial charge is 0.394 e. The Balaban J connectivity index is 2.24. The molecule has 0 unspecified atom stereocenters. The van der Waals surface area contributed by atoms with E-state index in [9.17, 15) is 20.1 Å². The molecule has 4 atom stereocenters. The van der Waals surface area contributed by atoms with Crippen LogP contribution in [-0.4, -0.2) is 65.5 Å². The van der Waals surface area contributed by atoms with E-state index >= 15 is 0 Å². The van der Waals surface area contributed by atoms with Gasteiger partial charge in [0.15, 0.2) is 17.2 Å². The van der Waals surface area contributed by atoms with E-state index < -0.39 is 36.4 Å². The van der Waals surface area contributed by atoms with Gasteiger partial charge >= 0.3 is 0 Å². The molecule has 0 radical (unpaired) electrons. The zero-order valence-electron chi connectivity index (χ0n) is 11.6. The third-order valence-corrected chi connectivity index (χ3v) is 3.84. The molecule has 3 heterocycles. The van der Waals surface area contributed by atoms with E-state index in [-0.39, 0.29) is 17.0 Å². The Morgan fingerprint density at radius 2 is 2.18 bits per heavy atom. The highest BCUT2D eigenvalue weighted by Crippen LogP contribution is 2.38. The fourth-order valence-electron chi connectivity index (χ4n) is 2.71. The van der Waals surface area contributed by atoms with Crippen LogP contribution in [0.15, 0.2) is 12.7 Å². The van der Waals surface area contributed by atoms with Crippen molar-refractivity contribution >= 4 is 22.8 Å². The molecular weight excluding hydrogens is 294 g/mol. The van der Waals surface area contributed by atoms with Crippen LogP contribution in [0, 0.1) is 0 Å². The second-order valence-corrected chi connectivity index (χ2v) is 5.07. The molecule has 0 aromatic carbocycles. The minimum atomic E-state index is -1.94. The molecule has 3 rings (SSSR count). The zero-order chi connectivity index (χ0) is 16.1. The van der Waals surface area contributed by atoms with Gasteiger partial charge in [-0.25, -0.2) is 15.0 Å². The average molecular weight is 309 g/mol. The van der Waals surface area contributed by atoms with Gasteiger partial charge in [0, 0.05) is 0 Å². The number of ether oxygens (including phenoxy) is 1. The lowest BCUT2D eigenvalue weighted by molar-refractivity contribution is -0.171. The molecule has 1 aliphatic heterocycles. The third kappa shape index (κ3) is 1.75. The summed E-state index contributed by atoms with van der Waals surface area (Å²) in [4.78, 5) is 24.0. The molecule has 1 aliphatic rings. The fraction of sp³-hybridized carbons (Fsp3) is 0.500. The second kappa shape index (κ2) is 4.95. The zero-order valence-corrected chi connectivity index (χ0v) is 11.6. The minimum absolute atomic E-state index is 0.106. The second-order valence-electron chi connectivity index (χ2n) is 5.07. The molecule has 5 N–H and O–H groups in total. The van der Waals surface area contributed by atoms with E-state index in [1.54, 1.807) is 0 Å². The predicted molar refractivity (Wildman–Crippen MR) is 72.4 cm³/mol. The summed E-state index contributed by atoms with van der Waals surface area (Å²) in [6, 6.07) is 0. The van der Waals surface area contributed by atoms with Gasteiger partial charge in [-0.2, -0.15) is 0 Å². The molecule has 10 heteroatoms. The van der Waals surface area contributed by atoms with Crippen LogP contribution in [0.5, 0.6) is 0 Å². The van der Waals surface area contributed by atoms with Crippen molar-refractivity contribution in [2.75, 3.05) is 12.3 Å². The van der Waals surface area contributed by atoms with Crippen LogP contribution in [0.4, 0.5) is 5.82 Å². The number of ketones is 1. The number of nitrogen functional groups attached to an aromatic ring is 1. The van der Waals surface area contributed by atoms with Gasteiger partial charge in [0.2, 0.25) is 5.72 Å². The number of nitrogens with two attached hydrogens (primary N) is 1. The van der Waals surface area contributed by atoms with Crippen molar-refractivity contribution in [2.45, 2.75) is 31.0 Å². The molecule has 1 saturated heterocycles. The van der Waals surface area contributed by atoms with Crippen LogP contribution in [-0.2, 0) is 15.3 Å². The Labute approximate surface area is 124 Å². The summed E-state index contributed by atoms with van der Waals surface area (Å²) in [7, 11) is 0. The molecule has 0 aliphatic carbocycles. The van der Waals surface area contributed by atoms with Gasteiger partial charge in [0.25, 0.3) is 0 Å². The van der Waals surface area contributed by atoms with E-state index in [1.807, 2.05) is 0 Å². The van der Waals surface area contributed by atoms with Crippen LogP contribution < -0.4 is 5.73 Å². The summed E-state index contributed by atoms with van der Waals surface area (Å²) < 4.78 is 6.70. The van der Waals surface area contributed by atoms with Crippen molar-refractivity contribution in [1.29, 1.82) is 0 Å². The average Bonchev–Trinajstić information content (AvgIpc) is 3.02. The van der Waals surface area contributed by atoms with Crippen molar-refractivity contribution in [3.63, 3.8) is 0 Å². The van der Waals surface area contributed by atoms with Gasteiger partial charge in [-0.3, -0.25) is 9.36 Å². The third-order valence-electron chi connectivity index (χ3n) is 3.84. The molecule has 0 saturated carbocycles. The summed E-state index contributed by atoms with van der Waals surface area (Å²) in [5.41, 5.74) is 4.17. The van der Waals surface area contributed by atoms with E-state index in [0.29, 0.717) is 0 Å². The quantitative estimate of drug-likeness (QED) is 0.492. The van der Waals surface area contributed by atoms with E-state index in [0.717, 1.165) is 0 Å². The monoisotopic (exact) mass is 309 g/mol. The SMILES string of the molecule is CC(=O)[C@@]1(n2cnc3c(N)ncnc32)O[C@H](CO)[C@@H](O)[C@H]1O. The number of imidazole rings is 1. The molecule has 0 spiro atoms. The fourth-order valence-corrected chi connectivity index (χ4v) is 2.71. The Kier molecular flexibility index (Phi) is 3.33. The van der Waals surface area contributed by atoms with Crippen molar-refractivity contribution in [3.05, 3.63) is 12.7 Å². The maximum absolute atomic E-state index is 12.2. The highest BCUT2D eigenvalue weighted by Gasteiger charge is 2.59. The van der Waals surface area contributed by atoms with E-state index in [4.69, 9.17) is 10.5 Å². The van der Waals surface area contributed by atoms with Crippen LogP contribution in [0.2, 0.25) is 0 Å². The number of nitrogens with zero attached hydrogens (tertiary/aromatic N) is 4. The lowest BCUT2D eigenvalue weighted by Gasteiger charge is -2.30. The Hall–Kier alpha value is -2.14. The van der Waals surface area contributed by atoms with Crippen LogP contribution >= 0.6 is 0 Å². The number of aromatic nitrogens is 4. The Bertz CT molecular complexity index is 734. The lowest BCUT2D eigenvalue weighted by Crippen LogP contribution is -2.50. The van der Waals surface area contributed by atoms with Crippen molar-refractivity contribution < 1.29 is 24.9 Å². The van der Waals surface area contributed by atoms with Gasteiger partial charge in [-0.15, -0.1) is 0 Å². The molecule has 1 fully saturated rings. The van der Waals surface area contributed by atoms with Crippen molar-refractivity contribution in [2.24, 2.45) is 0 Å². The number of hydrogen-bond acceptors (Lipinski definition) is 9. The molecule has 118 valence electrons. The van der Waals surface area contributed by atoms with Gasteiger partial charge in [0.05, 0.1) is 6.61 Å². The smallest absolute Gasteiger partial charge is 0.236 e. The molecular formula is C12H15N5O5. The number of carbonyl (C=O) groups excluding carboxylic acids is 1.